The summed E-state index contributed by atoms with van der Waals surface area (Å²) in [5.41, 5.74) is 2.53. The molecule has 1 unspecified atom stereocenters. The fourth-order valence-corrected chi connectivity index (χ4v) is 2.25. The summed E-state index contributed by atoms with van der Waals surface area (Å²) in [6.45, 7) is 0. The Morgan fingerprint density at radius 1 is 1.07 bits per heavy atom. The molecule has 0 heterocycles. The minimum Gasteiger partial charge on any atom is -0.119 e. The molecule has 0 aliphatic heterocycles. The highest BCUT2D eigenvalue weighted by Crippen LogP contribution is 2.33. The first-order valence-corrected chi connectivity index (χ1v) is 5.06. The van der Waals surface area contributed by atoms with Gasteiger partial charge in [-0.1, -0.05) is 54.5 Å². The van der Waals surface area contributed by atoms with E-state index in [-0.39, 0.29) is 5.92 Å². The maximum Gasteiger partial charge on any atom is 0.0639 e. The van der Waals surface area contributed by atoms with Crippen molar-refractivity contribution in [2.45, 2.75) is 5.92 Å². The highest BCUT2D eigenvalue weighted by atomic mass is 14.2. The Morgan fingerprint density at radius 2 is 1.87 bits per heavy atom. The molecule has 15 heavy (non-hydrogen) atoms. The average Bonchev–Trinajstić information content (AvgIpc) is 2.30. The minimum atomic E-state index is 0.128. The maximum absolute atomic E-state index is 5.53. The predicted octanol–water partition coefficient (Wildman–Crippen LogP) is 3.58. The van der Waals surface area contributed by atoms with Gasteiger partial charge in [0.25, 0.3) is 0 Å². The highest BCUT2D eigenvalue weighted by molar-refractivity contribution is 5.96. The monoisotopic (exact) mass is 190 g/mol. The van der Waals surface area contributed by atoms with Crippen LogP contribution in [0.1, 0.15) is 17.0 Å². The first-order valence-electron chi connectivity index (χ1n) is 5.06. The molecule has 0 aromatic heterocycles. The fourth-order valence-electron chi connectivity index (χ4n) is 2.25. The van der Waals surface area contributed by atoms with Crippen LogP contribution in [-0.2, 0) is 0 Å². The quantitative estimate of drug-likeness (QED) is 0.557. The second-order valence-corrected chi connectivity index (χ2v) is 3.80. The first-order chi connectivity index (χ1) is 7.40. The lowest BCUT2D eigenvalue weighted by Gasteiger charge is -2.16. The molecule has 70 valence electrons. The second-order valence-electron chi connectivity index (χ2n) is 3.80. The minimum absolute atomic E-state index is 0.128. The number of rotatable bonds is 0. The van der Waals surface area contributed by atoms with Gasteiger partial charge < -0.3 is 0 Å². The molecule has 0 N–H and O–H groups in total. The third-order valence-electron chi connectivity index (χ3n) is 2.95. The van der Waals surface area contributed by atoms with Gasteiger partial charge in [-0.05, 0) is 21.9 Å². The van der Waals surface area contributed by atoms with Gasteiger partial charge in [0.15, 0.2) is 0 Å². The molecule has 0 spiro atoms. The van der Waals surface area contributed by atoms with Crippen molar-refractivity contribution in [2.75, 3.05) is 0 Å². The Kier molecular flexibility index (Phi) is 1.66. The van der Waals surface area contributed by atoms with E-state index in [1.165, 1.54) is 21.9 Å². The van der Waals surface area contributed by atoms with Crippen LogP contribution in [0.5, 0.6) is 0 Å². The SMILES string of the molecule is C#CC1C=Cc2cccc3cccc1c23. The van der Waals surface area contributed by atoms with E-state index in [2.05, 4.69) is 54.5 Å². The normalized spacial score (nSPS) is 17.7. The average molecular weight is 190 g/mol. The van der Waals surface area contributed by atoms with Crippen LogP contribution in [0.3, 0.4) is 0 Å². The molecule has 1 atom stereocenters. The van der Waals surface area contributed by atoms with Gasteiger partial charge in [-0.15, -0.1) is 6.42 Å². The molecule has 0 amide bonds. The van der Waals surface area contributed by atoms with Gasteiger partial charge in [-0.3, -0.25) is 0 Å². The van der Waals surface area contributed by atoms with Crippen LogP contribution in [0.25, 0.3) is 16.8 Å². The standard InChI is InChI=1S/C15H10/c1-2-11-9-10-13-6-3-5-12-7-4-8-14(11)15(12)13/h1,3-11H. The molecule has 0 fully saturated rings. The van der Waals surface area contributed by atoms with Crippen molar-refractivity contribution < 1.29 is 0 Å². The zero-order chi connectivity index (χ0) is 10.3. The predicted molar refractivity (Wildman–Crippen MR) is 64.6 cm³/mol. The first kappa shape index (κ1) is 8.32. The molecule has 3 rings (SSSR count). The summed E-state index contributed by atoms with van der Waals surface area (Å²) in [7, 11) is 0. The highest BCUT2D eigenvalue weighted by Gasteiger charge is 2.14. The summed E-state index contributed by atoms with van der Waals surface area (Å²) in [4.78, 5) is 0. The molecule has 0 saturated carbocycles. The number of hydrogen-bond acceptors (Lipinski definition) is 0. The van der Waals surface area contributed by atoms with Crippen molar-refractivity contribution >= 4 is 16.8 Å². The number of terminal acetylenes is 1. The Morgan fingerprint density at radius 3 is 2.67 bits per heavy atom. The van der Waals surface area contributed by atoms with E-state index in [1.807, 2.05) is 0 Å². The lowest BCUT2D eigenvalue weighted by atomic mass is 9.87. The summed E-state index contributed by atoms with van der Waals surface area (Å²) >= 11 is 0. The maximum atomic E-state index is 5.53. The second kappa shape index (κ2) is 3.00. The van der Waals surface area contributed by atoms with Gasteiger partial charge in [0.2, 0.25) is 0 Å². The van der Waals surface area contributed by atoms with Gasteiger partial charge in [-0.25, -0.2) is 0 Å². The van der Waals surface area contributed by atoms with Crippen molar-refractivity contribution in [1.82, 2.24) is 0 Å². The van der Waals surface area contributed by atoms with E-state index in [1.54, 1.807) is 0 Å². The summed E-state index contributed by atoms with van der Waals surface area (Å²) < 4.78 is 0. The van der Waals surface area contributed by atoms with E-state index in [4.69, 9.17) is 6.42 Å². The van der Waals surface area contributed by atoms with Gasteiger partial charge >= 0.3 is 0 Å². The molecule has 0 nitrogen and oxygen atoms in total. The molecule has 1 aliphatic rings. The van der Waals surface area contributed by atoms with E-state index in [0.717, 1.165) is 0 Å². The van der Waals surface area contributed by atoms with Crippen LogP contribution in [0.4, 0.5) is 0 Å². The molecular formula is C15H10. The zero-order valence-corrected chi connectivity index (χ0v) is 8.27. The summed E-state index contributed by atoms with van der Waals surface area (Å²) in [6, 6.07) is 12.7. The summed E-state index contributed by atoms with van der Waals surface area (Å²) in [5, 5.41) is 2.58. The third-order valence-corrected chi connectivity index (χ3v) is 2.95. The lowest BCUT2D eigenvalue weighted by molar-refractivity contribution is 1.14. The van der Waals surface area contributed by atoms with Crippen molar-refractivity contribution in [3.8, 4) is 12.3 Å². The number of allylic oxidation sites excluding steroid dienone is 1. The van der Waals surface area contributed by atoms with Crippen molar-refractivity contribution in [3.63, 3.8) is 0 Å². The number of hydrogen-bond donors (Lipinski definition) is 0. The summed E-state index contributed by atoms with van der Waals surface area (Å²) in [5.74, 6) is 2.95. The van der Waals surface area contributed by atoms with Gasteiger partial charge in [0, 0.05) is 0 Å². The van der Waals surface area contributed by atoms with Crippen molar-refractivity contribution in [2.24, 2.45) is 0 Å². The van der Waals surface area contributed by atoms with Crippen LogP contribution in [0.15, 0.2) is 42.5 Å². The summed E-state index contributed by atoms with van der Waals surface area (Å²) in [6.07, 6.45) is 9.75. The molecule has 2 aromatic carbocycles. The smallest absolute Gasteiger partial charge is 0.0639 e. The molecule has 1 aliphatic carbocycles. The molecule has 0 saturated heterocycles. The van der Waals surface area contributed by atoms with E-state index in [0.29, 0.717) is 0 Å². The van der Waals surface area contributed by atoms with Crippen LogP contribution in [-0.4, -0.2) is 0 Å². The molecule has 0 bridgehead atoms. The van der Waals surface area contributed by atoms with Gasteiger partial charge in [0.1, 0.15) is 0 Å². The molecular weight excluding hydrogens is 180 g/mol. The largest absolute Gasteiger partial charge is 0.119 e. The topological polar surface area (TPSA) is 0 Å². The van der Waals surface area contributed by atoms with Crippen LogP contribution < -0.4 is 0 Å². The fraction of sp³-hybridized carbons (Fsp3) is 0.0667. The zero-order valence-electron chi connectivity index (χ0n) is 8.27. The molecule has 2 aromatic rings. The van der Waals surface area contributed by atoms with Gasteiger partial charge in [-0.2, -0.15) is 0 Å². The Balaban J connectivity index is 2.47. The number of benzene rings is 2. The van der Waals surface area contributed by atoms with E-state index < -0.39 is 0 Å². The van der Waals surface area contributed by atoms with Crippen LogP contribution >= 0.6 is 0 Å². The van der Waals surface area contributed by atoms with E-state index >= 15 is 0 Å². The van der Waals surface area contributed by atoms with Crippen molar-refractivity contribution in [3.05, 3.63) is 53.6 Å². The Labute approximate surface area is 89.2 Å². The van der Waals surface area contributed by atoms with Crippen LogP contribution in [0.2, 0.25) is 0 Å². The molecule has 0 radical (unpaired) electrons. The van der Waals surface area contributed by atoms with Crippen LogP contribution in [0, 0.1) is 12.3 Å². The lowest BCUT2D eigenvalue weighted by Crippen LogP contribution is -1.98. The third kappa shape index (κ3) is 1.10. The molecule has 0 heteroatoms. The Bertz CT molecular complexity index is 592. The van der Waals surface area contributed by atoms with Gasteiger partial charge in [0.05, 0.1) is 5.92 Å². The van der Waals surface area contributed by atoms with Crippen molar-refractivity contribution in [1.29, 1.82) is 0 Å². The Hall–Kier alpha value is -2.00. The van der Waals surface area contributed by atoms with E-state index in [9.17, 15) is 0 Å².